The lowest BCUT2D eigenvalue weighted by Crippen LogP contribution is -2.27. The highest BCUT2D eigenvalue weighted by Crippen LogP contribution is 2.10. The number of aliphatic hydroxyl groups is 1. The van der Waals surface area contributed by atoms with Crippen LogP contribution in [0, 0.1) is 0 Å². The van der Waals surface area contributed by atoms with Crippen molar-refractivity contribution in [1.82, 2.24) is 15.0 Å². The third-order valence-corrected chi connectivity index (χ3v) is 1.69. The van der Waals surface area contributed by atoms with Gasteiger partial charge < -0.3 is 15.2 Å². The average molecular weight is 250 g/mol. The third kappa shape index (κ3) is 3.92. The summed E-state index contributed by atoms with van der Waals surface area (Å²) in [4.78, 5) is 11.2. The second kappa shape index (κ2) is 6.06. The van der Waals surface area contributed by atoms with Gasteiger partial charge >= 0.3 is 6.01 Å². The lowest BCUT2D eigenvalue weighted by atomic mass is 10.4. The molecule has 0 saturated heterocycles. The zero-order valence-corrected chi connectivity index (χ0v) is 8.89. The molecule has 0 saturated carbocycles. The van der Waals surface area contributed by atoms with E-state index >= 15 is 0 Å². The number of nitrogens with one attached hydrogen (secondary N) is 2. The summed E-state index contributed by atoms with van der Waals surface area (Å²) in [6, 6.07) is -0.0398. The summed E-state index contributed by atoms with van der Waals surface area (Å²) in [5, 5.41) is 11.3. The van der Waals surface area contributed by atoms with E-state index in [0.29, 0.717) is 0 Å². The van der Waals surface area contributed by atoms with E-state index in [9.17, 15) is 8.78 Å². The minimum atomic E-state index is -2.85. The molecule has 0 aliphatic heterocycles. The maximum atomic E-state index is 12.0. The number of rotatable bonds is 6. The van der Waals surface area contributed by atoms with Crippen molar-refractivity contribution >= 4 is 11.9 Å². The number of nitrogens with zero attached hydrogens (tertiary/aromatic N) is 3. The number of anilines is 2. The molecule has 1 rings (SSSR count). The zero-order chi connectivity index (χ0) is 12.8. The SMILES string of the molecule is COc1nc(NN)nc(NCC(O)C(F)F)n1. The van der Waals surface area contributed by atoms with Gasteiger partial charge in [-0.3, -0.25) is 5.43 Å². The fourth-order valence-electron chi connectivity index (χ4n) is 0.876. The number of aliphatic hydroxyl groups excluding tert-OH is 1. The van der Waals surface area contributed by atoms with E-state index in [1.165, 1.54) is 7.11 Å². The van der Waals surface area contributed by atoms with Gasteiger partial charge in [0.2, 0.25) is 11.9 Å². The van der Waals surface area contributed by atoms with Gasteiger partial charge in [0.15, 0.2) is 0 Å². The minimum Gasteiger partial charge on any atom is -0.467 e. The van der Waals surface area contributed by atoms with Crippen LogP contribution in [-0.2, 0) is 0 Å². The maximum Gasteiger partial charge on any atom is 0.322 e. The van der Waals surface area contributed by atoms with Crippen LogP contribution in [0.2, 0.25) is 0 Å². The number of hydrazine groups is 1. The van der Waals surface area contributed by atoms with Crippen LogP contribution in [0.4, 0.5) is 20.7 Å². The molecule has 0 aromatic carbocycles. The highest BCUT2D eigenvalue weighted by molar-refractivity contribution is 5.34. The molecule has 0 aliphatic carbocycles. The van der Waals surface area contributed by atoms with Crippen LogP contribution in [0.5, 0.6) is 6.01 Å². The minimum absolute atomic E-state index is 0.00545. The molecule has 1 unspecified atom stereocenters. The van der Waals surface area contributed by atoms with E-state index < -0.39 is 19.1 Å². The Bertz CT molecular complexity index is 344. The molecule has 96 valence electrons. The first-order chi connectivity index (χ1) is 8.06. The summed E-state index contributed by atoms with van der Waals surface area (Å²) in [6.07, 6.45) is -4.66. The molecule has 0 aliphatic rings. The molecule has 8 nitrogen and oxygen atoms in total. The van der Waals surface area contributed by atoms with Gasteiger partial charge in [0, 0.05) is 6.54 Å². The quantitative estimate of drug-likeness (QED) is 0.383. The fraction of sp³-hybridized carbons (Fsp3) is 0.571. The highest BCUT2D eigenvalue weighted by atomic mass is 19.3. The highest BCUT2D eigenvalue weighted by Gasteiger charge is 2.17. The number of ether oxygens (including phenoxy) is 1. The van der Waals surface area contributed by atoms with E-state index in [0.717, 1.165) is 0 Å². The molecule has 0 fully saturated rings. The second-order valence-electron chi connectivity index (χ2n) is 2.90. The van der Waals surface area contributed by atoms with Gasteiger partial charge in [-0.2, -0.15) is 15.0 Å². The topological polar surface area (TPSA) is 118 Å². The Hall–Kier alpha value is -1.81. The van der Waals surface area contributed by atoms with Crippen LogP contribution in [0.25, 0.3) is 0 Å². The van der Waals surface area contributed by atoms with E-state index in [4.69, 9.17) is 15.7 Å². The summed E-state index contributed by atoms with van der Waals surface area (Å²) < 4.78 is 28.8. The summed E-state index contributed by atoms with van der Waals surface area (Å²) in [7, 11) is 1.33. The van der Waals surface area contributed by atoms with Crippen molar-refractivity contribution in [3.05, 3.63) is 0 Å². The van der Waals surface area contributed by atoms with Crippen molar-refractivity contribution in [1.29, 1.82) is 0 Å². The van der Waals surface area contributed by atoms with E-state index in [2.05, 4.69) is 25.7 Å². The van der Waals surface area contributed by atoms with Crippen molar-refractivity contribution in [2.75, 3.05) is 24.4 Å². The summed E-state index contributed by atoms with van der Waals surface area (Å²) >= 11 is 0. The lowest BCUT2D eigenvalue weighted by molar-refractivity contribution is 0.00376. The summed E-state index contributed by atoms with van der Waals surface area (Å²) in [5.74, 6) is 5.06. The molecular weight excluding hydrogens is 238 g/mol. The lowest BCUT2D eigenvalue weighted by Gasteiger charge is -2.11. The van der Waals surface area contributed by atoms with Gasteiger partial charge in [0.25, 0.3) is 6.43 Å². The Morgan fingerprint density at radius 1 is 1.35 bits per heavy atom. The van der Waals surface area contributed by atoms with E-state index in [-0.39, 0.29) is 17.9 Å². The largest absolute Gasteiger partial charge is 0.467 e. The molecule has 0 amide bonds. The Labute approximate surface area is 95.2 Å². The Kier molecular flexibility index (Phi) is 4.72. The van der Waals surface area contributed by atoms with Gasteiger partial charge in [-0.15, -0.1) is 0 Å². The fourth-order valence-corrected chi connectivity index (χ4v) is 0.876. The number of methoxy groups -OCH3 is 1. The molecule has 1 aromatic heterocycles. The molecule has 1 aromatic rings. The number of nitrogens with two attached hydrogens (primary N) is 1. The molecular formula is C7H12F2N6O2. The molecule has 1 heterocycles. The van der Waals surface area contributed by atoms with Crippen LogP contribution in [0.1, 0.15) is 0 Å². The number of hydrogen-bond donors (Lipinski definition) is 4. The molecule has 17 heavy (non-hydrogen) atoms. The molecule has 1 atom stereocenters. The monoisotopic (exact) mass is 250 g/mol. The number of nitrogen functional groups attached to an aromatic ring is 1. The standard InChI is InChI=1S/C7H12F2N6O2/c1-17-7-13-5(12-6(14-7)15-10)11-2-3(16)4(8)9/h3-4,16H,2,10H2,1H3,(H2,11,12,13,14,15). The zero-order valence-electron chi connectivity index (χ0n) is 8.89. The number of hydrogen-bond acceptors (Lipinski definition) is 8. The normalized spacial score (nSPS) is 12.4. The number of halogens is 2. The summed E-state index contributed by atoms with van der Waals surface area (Å²) in [6.45, 7) is -0.408. The first-order valence-corrected chi connectivity index (χ1v) is 4.53. The Morgan fingerprint density at radius 2 is 2.00 bits per heavy atom. The number of aromatic nitrogens is 3. The van der Waals surface area contributed by atoms with Crippen molar-refractivity contribution < 1.29 is 18.6 Å². The van der Waals surface area contributed by atoms with Crippen molar-refractivity contribution in [2.24, 2.45) is 5.84 Å². The van der Waals surface area contributed by atoms with Crippen LogP contribution in [0.15, 0.2) is 0 Å². The van der Waals surface area contributed by atoms with Crippen molar-refractivity contribution in [3.8, 4) is 6.01 Å². The second-order valence-corrected chi connectivity index (χ2v) is 2.90. The predicted molar refractivity (Wildman–Crippen MR) is 54.7 cm³/mol. The van der Waals surface area contributed by atoms with Crippen LogP contribution in [0.3, 0.4) is 0 Å². The van der Waals surface area contributed by atoms with Gasteiger partial charge in [0.05, 0.1) is 7.11 Å². The first-order valence-electron chi connectivity index (χ1n) is 4.53. The van der Waals surface area contributed by atoms with E-state index in [1.807, 2.05) is 0 Å². The van der Waals surface area contributed by atoms with Gasteiger partial charge in [-0.1, -0.05) is 0 Å². The predicted octanol–water partition coefficient (Wildman–Crippen LogP) is -0.796. The van der Waals surface area contributed by atoms with Gasteiger partial charge in [0.1, 0.15) is 6.10 Å². The van der Waals surface area contributed by atoms with Gasteiger partial charge in [-0.05, 0) is 0 Å². The third-order valence-electron chi connectivity index (χ3n) is 1.69. The van der Waals surface area contributed by atoms with Crippen molar-refractivity contribution in [3.63, 3.8) is 0 Å². The van der Waals surface area contributed by atoms with Crippen LogP contribution < -0.4 is 21.3 Å². The van der Waals surface area contributed by atoms with E-state index in [1.54, 1.807) is 0 Å². The average Bonchev–Trinajstić information content (AvgIpc) is 2.35. The molecule has 0 radical (unpaired) electrons. The first kappa shape index (κ1) is 13.3. The Balaban J connectivity index is 2.70. The summed E-state index contributed by atoms with van der Waals surface area (Å²) in [5.41, 5.74) is 2.16. The van der Waals surface area contributed by atoms with Crippen LogP contribution >= 0.6 is 0 Å². The number of alkyl halides is 2. The smallest absolute Gasteiger partial charge is 0.322 e. The molecule has 5 N–H and O–H groups in total. The van der Waals surface area contributed by atoms with Crippen molar-refractivity contribution in [2.45, 2.75) is 12.5 Å². The van der Waals surface area contributed by atoms with Crippen LogP contribution in [-0.4, -0.2) is 46.2 Å². The molecule has 10 heteroatoms. The molecule has 0 bridgehead atoms. The molecule has 0 spiro atoms. The Morgan fingerprint density at radius 3 is 2.53 bits per heavy atom. The maximum absolute atomic E-state index is 12.0. The van der Waals surface area contributed by atoms with Gasteiger partial charge in [-0.25, -0.2) is 14.6 Å².